The molecule has 4 aliphatic heterocycles. The summed E-state index contributed by atoms with van der Waals surface area (Å²) in [7, 11) is 0. The van der Waals surface area contributed by atoms with Gasteiger partial charge in [0, 0.05) is 30.1 Å². The normalized spacial score (nSPS) is 31.5. The summed E-state index contributed by atoms with van der Waals surface area (Å²) in [6.07, 6.45) is 9.95. The third-order valence-corrected chi connectivity index (χ3v) is 10.9. The number of nitrogens with zero attached hydrogens (tertiary/aromatic N) is 3. The van der Waals surface area contributed by atoms with Gasteiger partial charge in [0.05, 0.1) is 29.2 Å². The van der Waals surface area contributed by atoms with Crippen molar-refractivity contribution in [2.45, 2.75) is 48.3 Å². The lowest BCUT2D eigenvalue weighted by atomic mass is 9.74. The van der Waals surface area contributed by atoms with Gasteiger partial charge in [0.25, 0.3) is 0 Å². The van der Waals surface area contributed by atoms with E-state index in [2.05, 4.69) is 13.0 Å². The van der Waals surface area contributed by atoms with Crippen LogP contribution in [0.5, 0.6) is 0 Å². The number of thioether (sulfide) groups is 1. The highest BCUT2D eigenvalue weighted by atomic mass is 32.2. The van der Waals surface area contributed by atoms with E-state index >= 15 is 0 Å². The molecule has 1 spiro atoms. The lowest BCUT2D eigenvalue weighted by molar-refractivity contribution is -0.146. The number of anilines is 1. The molecule has 0 aliphatic carbocycles. The van der Waals surface area contributed by atoms with Crippen LogP contribution in [0.1, 0.15) is 38.3 Å². The number of carbonyl (C=O) groups excluding carboxylic acids is 3. The molecule has 1 unspecified atom stereocenters. The van der Waals surface area contributed by atoms with Gasteiger partial charge in [-0.3, -0.25) is 14.4 Å². The number of benzene rings is 2. The largest absolute Gasteiger partial charge is 0.394 e. The van der Waals surface area contributed by atoms with Crippen LogP contribution in [-0.2, 0) is 14.4 Å². The molecule has 2 aromatic carbocycles. The molecule has 6 atom stereocenters. The first-order valence-corrected chi connectivity index (χ1v) is 15.4. The molecule has 3 amide bonds. The first-order valence-electron chi connectivity index (χ1n) is 14.5. The number of hydrogen-bond donors (Lipinski definition) is 1. The van der Waals surface area contributed by atoms with Gasteiger partial charge in [0.2, 0.25) is 17.7 Å². The van der Waals surface area contributed by atoms with Gasteiger partial charge < -0.3 is 19.8 Å². The molecule has 4 aliphatic rings. The molecule has 6 rings (SSSR count). The smallest absolute Gasteiger partial charge is 0.247 e. The number of likely N-dealkylation sites (tertiary alicyclic amines) is 1. The van der Waals surface area contributed by atoms with Crippen LogP contribution in [0.15, 0.2) is 85.0 Å². The van der Waals surface area contributed by atoms with Crippen molar-refractivity contribution >= 4 is 35.2 Å². The quantitative estimate of drug-likeness (QED) is 0.504. The summed E-state index contributed by atoms with van der Waals surface area (Å²) in [6.45, 7) is 5.28. The predicted octanol–water partition coefficient (Wildman–Crippen LogP) is 4.21. The second kappa shape index (κ2) is 10.8. The van der Waals surface area contributed by atoms with Crippen LogP contribution in [-0.4, -0.2) is 74.4 Å². The summed E-state index contributed by atoms with van der Waals surface area (Å²) in [4.78, 5) is 49.0. The Labute approximate surface area is 245 Å². The number of carbonyl (C=O) groups is 3. The van der Waals surface area contributed by atoms with E-state index in [-0.39, 0.29) is 24.3 Å². The Kier molecular flexibility index (Phi) is 7.32. The monoisotopic (exact) mass is 571 g/mol. The summed E-state index contributed by atoms with van der Waals surface area (Å²) < 4.78 is -1.63. The molecule has 4 heterocycles. The van der Waals surface area contributed by atoms with Crippen molar-refractivity contribution in [3.8, 4) is 0 Å². The molecule has 41 heavy (non-hydrogen) atoms. The van der Waals surface area contributed by atoms with Crippen molar-refractivity contribution in [3.05, 3.63) is 90.5 Å². The van der Waals surface area contributed by atoms with Crippen molar-refractivity contribution in [2.75, 3.05) is 31.1 Å². The van der Waals surface area contributed by atoms with Gasteiger partial charge in [-0.25, -0.2) is 0 Å². The van der Waals surface area contributed by atoms with Crippen LogP contribution in [0.2, 0.25) is 0 Å². The van der Waals surface area contributed by atoms with Crippen LogP contribution in [0.25, 0.3) is 0 Å². The average Bonchev–Trinajstić information content (AvgIpc) is 3.26. The maximum atomic E-state index is 14.8. The second-order valence-electron chi connectivity index (χ2n) is 11.6. The fourth-order valence-corrected chi connectivity index (χ4v) is 9.41. The molecule has 0 aromatic heterocycles. The number of unbranched alkanes of at least 4 members (excludes halogenated alkanes) is 1. The lowest BCUT2D eigenvalue weighted by Crippen LogP contribution is -2.54. The van der Waals surface area contributed by atoms with E-state index < -0.39 is 33.4 Å². The van der Waals surface area contributed by atoms with Gasteiger partial charge >= 0.3 is 0 Å². The number of aliphatic hydroxyl groups excluding tert-OH is 1. The molecule has 2 aromatic rings. The minimum atomic E-state index is -0.948. The molecule has 2 saturated heterocycles. The van der Waals surface area contributed by atoms with Gasteiger partial charge in [-0.2, -0.15) is 0 Å². The molecule has 214 valence electrons. The number of hydrogen-bond acceptors (Lipinski definition) is 5. The zero-order valence-corrected chi connectivity index (χ0v) is 24.4. The van der Waals surface area contributed by atoms with Crippen LogP contribution in [0.4, 0.5) is 5.69 Å². The number of amides is 3. The Morgan fingerprint density at radius 1 is 0.902 bits per heavy atom. The van der Waals surface area contributed by atoms with Crippen LogP contribution >= 0.6 is 11.8 Å². The minimum Gasteiger partial charge on any atom is -0.394 e. The zero-order chi connectivity index (χ0) is 28.8. The number of aliphatic hydroxyl groups is 1. The second-order valence-corrected chi connectivity index (χ2v) is 13.4. The average molecular weight is 572 g/mol. The third kappa shape index (κ3) is 4.34. The third-order valence-electron chi connectivity index (χ3n) is 9.12. The Bertz CT molecular complexity index is 1380. The Hall–Kier alpha value is -3.36. The number of para-hydroxylation sites is 1. The van der Waals surface area contributed by atoms with E-state index in [1.54, 1.807) is 21.6 Å². The molecule has 2 fully saturated rings. The first kappa shape index (κ1) is 27.8. The van der Waals surface area contributed by atoms with Crippen LogP contribution in [0, 0.1) is 11.8 Å². The minimum absolute atomic E-state index is 0.111. The molecule has 1 N–H and O–H groups in total. The lowest BCUT2D eigenvalue weighted by Gasteiger charge is -2.40. The summed E-state index contributed by atoms with van der Waals surface area (Å²) >= 11 is 1.57. The van der Waals surface area contributed by atoms with Crippen molar-refractivity contribution in [1.29, 1.82) is 0 Å². The number of fused-ring (bicyclic) bond motifs is 2. The highest BCUT2D eigenvalue weighted by Gasteiger charge is 2.74. The Morgan fingerprint density at radius 3 is 2.27 bits per heavy atom. The van der Waals surface area contributed by atoms with E-state index in [1.807, 2.05) is 90.7 Å². The van der Waals surface area contributed by atoms with Crippen molar-refractivity contribution < 1.29 is 19.5 Å². The van der Waals surface area contributed by atoms with E-state index in [4.69, 9.17) is 0 Å². The SMILES string of the molecule is CCCCN1CC=C[C@]23S[C@@]4(C)C=CCN(c5ccccc5)C(=O)[C@H]4[C@H]2C(=O)N([C@H](CO)c2ccccc2)C3C1=O. The summed E-state index contributed by atoms with van der Waals surface area (Å²) in [6, 6.07) is 17.4. The van der Waals surface area contributed by atoms with Gasteiger partial charge in [-0.1, -0.05) is 86.2 Å². The maximum Gasteiger partial charge on any atom is 0.247 e. The van der Waals surface area contributed by atoms with Gasteiger partial charge in [0.1, 0.15) is 6.04 Å². The topological polar surface area (TPSA) is 81.2 Å². The summed E-state index contributed by atoms with van der Waals surface area (Å²) in [5, 5.41) is 10.7. The molecule has 0 radical (unpaired) electrons. The zero-order valence-electron chi connectivity index (χ0n) is 23.6. The fraction of sp³-hybridized carbons (Fsp3) is 0.424. The highest BCUT2D eigenvalue weighted by Crippen LogP contribution is 2.66. The molecule has 0 bridgehead atoms. The van der Waals surface area contributed by atoms with Crippen LogP contribution < -0.4 is 4.90 Å². The van der Waals surface area contributed by atoms with Gasteiger partial charge in [0.15, 0.2) is 0 Å². The molecular formula is C33H37N3O4S. The predicted molar refractivity (Wildman–Crippen MR) is 161 cm³/mol. The highest BCUT2D eigenvalue weighted by molar-refractivity contribution is 8.02. The molecule has 0 saturated carbocycles. The van der Waals surface area contributed by atoms with Crippen molar-refractivity contribution in [3.63, 3.8) is 0 Å². The first-order chi connectivity index (χ1) is 19.9. The summed E-state index contributed by atoms with van der Waals surface area (Å²) in [5.74, 6) is -1.90. The van der Waals surface area contributed by atoms with E-state index in [0.29, 0.717) is 19.6 Å². The molecule has 7 nitrogen and oxygen atoms in total. The van der Waals surface area contributed by atoms with Gasteiger partial charge in [-0.15, -0.1) is 11.8 Å². The van der Waals surface area contributed by atoms with Gasteiger partial charge in [-0.05, 0) is 31.0 Å². The van der Waals surface area contributed by atoms with Crippen molar-refractivity contribution in [1.82, 2.24) is 9.80 Å². The molecular weight excluding hydrogens is 534 g/mol. The van der Waals surface area contributed by atoms with E-state index in [0.717, 1.165) is 24.1 Å². The van der Waals surface area contributed by atoms with E-state index in [1.165, 1.54) is 0 Å². The summed E-state index contributed by atoms with van der Waals surface area (Å²) in [5.41, 5.74) is 1.55. The standard InChI is InChI=1S/C33H37N3O4S/c1-3-4-19-34-20-12-18-33-27(30(39)36(28(33)31(34)40)25(22-37)23-13-7-5-8-14-23)26-29(38)35(24-15-9-6-10-16-24)21-11-17-32(26,2)41-33/h5-18,25-28,37H,3-4,19-22H2,1-2H3/t25-,26-,27+,28?,32+,33+/m1/s1. The fourth-order valence-electron chi connectivity index (χ4n) is 7.26. The van der Waals surface area contributed by atoms with Crippen LogP contribution in [0.3, 0.4) is 0 Å². The Morgan fingerprint density at radius 2 is 1.59 bits per heavy atom. The Balaban J connectivity index is 1.50. The van der Waals surface area contributed by atoms with Crippen molar-refractivity contribution in [2.24, 2.45) is 11.8 Å². The molecule has 8 heteroatoms. The maximum absolute atomic E-state index is 14.8. The number of rotatable bonds is 7. The van der Waals surface area contributed by atoms with E-state index in [9.17, 15) is 19.5 Å².